The van der Waals surface area contributed by atoms with Gasteiger partial charge in [0.15, 0.2) is 5.96 Å². The molecule has 0 aliphatic heterocycles. The molecule has 22 heavy (non-hydrogen) atoms. The summed E-state index contributed by atoms with van der Waals surface area (Å²) in [5, 5.41) is 6.18. The molecule has 1 rings (SSSR count). The highest BCUT2D eigenvalue weighted by atomic mass is 127. The average molecular weight is 422 g/mol. The number of nitrogens with one attached hydrogen (secondary N) is 2. The van der Waals surface area contributed by atoms with E-state index in [1.54, 1.807) is 25.1 Å². The predicted molar refractivity (Wildman–Crippen MR) is 97.9 cm³/mol. The van der Waals surface area contributed by atoms with E-state index in [4.69, 9.17) is 0 Å². The summed E-state index contributed by atoms with van der Waals surface area (Å²) in [4.78, 5) is 17.4. The summed E-state index contributed by atoms with van der Waals surface area (Å²) in [6.07, 6.45) is 0.400. The lowest BCUT2D eigenvalue weighted by Crippen LogP contribution is -2.39. The van der Waals surface area contributed by atoms with Gasteiger partial charge in [-0.3, -0.25) is 4.79 Å². The van der Waals surface area contributed by atoms with E-state index in [2.05, 4.69) is 15.6 Å². The molecule has 0 heterocycles. The molecule has 0 fully saturated rings. The summed E-state index contributed by atoms with van der Waals surface area (Å²) in [5.74, 6) is 0.411. The maximum absolute atomic E-state index is 13.1. The fourth-order valence-corrected chi connectivity index (χ4v) is 1.66. The van der Waals surface area contributed by atoms with E-state index in [1.165, 1.54) is 12.1 Å². The van der Waals surface area contributed by atoms with Gasteiger partial charge in [-0.1, -0.05) is 12.1 Å². The number of hydrogen-bond donors (Lipinski definition) is 2. The zero-order chi connectivity index (χ0) is 15.7. The maximum atomic E-state index is 13.1. The summed E-state index contributed by atoms with van der Waals surface area (Å²) in [5.41, 5.74) is 0.802. The molecule has 0 aliphatic rings. The Labute approximate surface area is 148 Å². The number of hydrogen-bond acceptors (Lipinski definition) is 2. The van der Waals surface area contributed by atoms with E-state index in [0.29, 0.717) is 25.5 Å². The van der Waals surface area contributed by atoms with Crippen molar-refractivity contribution in [3.05, 3.63) is 35.6 Å². The molecule has 5 nitrogen and oxygen atoms in total. The second kappa shape index (κ2) is 11.2. The van der Waals surface area contributed by atoms with Crippen LogP contribution in [0.15, 0.2) is 29.3 Å². The molecule has 124 valence electrons. The Bertz CT molecular complexity index is 494. The van der Waals surface area contributed by atoms with Crippen LogP contribution >= 0.6 is 24.0 Å². The van der Waals surface area contributed by atoms with Crippen LogP contribution in [0.25, 0.3) is 0 Å². The summed E-state index contributed by atoms with van der Waals surface area (Å²) in [6.45, 7) is 3.57. The second-order valence-electron chi connectivity index (χ2n) is 4.79. The first-order valence-electron chi connectivity index (χ1n) is 6.99. The lowest BCUT2D eigenvalue weighted by Gasteiger charge is -2.13. The quantitative estimate of drug-likeness (QED) is 0.419. The molecule has 2 N–H and O–H groups in total. The van der Waals surface area contributed by atoms with Gasteiger partial charge in [0, 0.05) is 33.6 Å². The zero-order valence-electron chi connectivity index (χ0n) is 13.2. The molecule has 0 aliphatic carbocycles. The van der Waals surface area contributed by atoms with E-state index in [9.17, 15) is 9.18 Å². The molecular formula is C15H24FIN4O. The highest BCUT2D eigenvalue weighted by Gasteiger charge is 2.04. The first-order chi connectivity index (χ1) is 10.0. The number of carbonyl (C=O) groups is 1. The topological polar surface area (TPSA) is 56.7 Å². The first kappa shape index (κ1) is 20.6. The number of guanidine groups is 1. The Morgan fingerprint density at radius 3 is 2.64 bits per heavy atom. The Kier molecular flexibility index (Phi) is 10.5. The Morgan fingerprint density at radius 2 is 2.05 bits per heavy atom. The predicted octanol–water partition coefficient (Wildman–Crippen LogP) is 1.98. The van der Waals surface area contributed by atoms with Gasteiger partial charge >= 0.3 is 0 Å². The Balaban J connectivity index is 0.00000441. The third kappa shape index (κ3) is 8.16. The number of carbonyl (C=O) groups excluding carboxylic acids is 1. The lowest BCUT2D eigenvalue weighted by atomic mass is 10.2. The number of rotatable bonds is 6. The second-order valence-corrected chi connectivity index (χ2v) is 4.79. The Hall–Kier alpha value is -1.38. The van der Waals surface area contributed by atoms with Crippen LogP contribution in [0.3, 0.4) is 0 Å². The van der Waals surface area contributed by atoms with Crippen LogP contribution in [0, 0.1) is 5.82 Å². The van der Waals surface area contributed by atoms with Crippen LogP contribution in [0.2, 0.25) is 0 Å². The summed E-state index contributed by atoms with van der Waals surface area (Å²) in [7, 11) is 3.46. The van der Waals surface area contributed by atoms with E-state index in [0.717, 1.165) is 12.1 Å². The zero-order valence-corrected chi connectivity index (χ0v) is 15.6. The highest BCUT2D eigenvalue weighted by Crippen LogP contribution is 2.04. The SMILES string of the molecule is CCNC(=NCc1cccc(F)c1)NCCC(=O)N(C)C.I. The fraction of sp³-hybridized carbons (Fsp3) is 0.467. The number of aliphatic imine (C=N–C) groups is 1. The van der Waals surface area contributed by atoms with E-state index < -0.39 is 0 Å². The third-order valence-corrected chi connectivity index (χ3v) is 2.78. The molecule has 0 atom stereocenters. The van der Waals surface area contributed by atoms with Crippen LogP contribution in [-0.4, -0.2) is 44.0 Å². The van der Waals surface area contributed by atoms with Gasteiger partial charge in [-0.25, -0.2) is 9.38 Å². The summed E-state index contributed by atoms with van der Waals surface area (Å²) < 4.78 is 13.1. The maximum Gasteiger partial charge on any atom is 0.223 e. The van der Waals surface area contributed by atoms with Gasteiger partial charge in [0.05, 0.1) is 6.54 Å². The minimum Gasteiger partial charge on any atom is -0.357 e. The molecule has 0 bridgehead atoms. The van der Waals surface area contributed by atoms with Crippen molar-refractivity contribution >= 4 is 35.8 Å². The van der Waals surface area contributed by atoms with Crippen LogP contribution in [0.1, 0.15) is 18.9 Å². The number of nitrogens with zero attached hydrogens (tertiary/aromatic N) is 2. The van der Waals surface area contributed by atoms with E-state index >= 15 is 0 Å². The van der Waals surface area contributed by atoms with Gasteiger partial charge in [-0.2, -0.15) is 0 Å². The number of benzene rings is 1. The molecular weight excluding hydrogens is 398 g/mol. The van der Waals surface area contributed by atoms with Crippen molar-refractivity contribution in [2.75, 3.05) is 27.2 Å². The van der Waals surface area contributed by atoms with Gasteiger partial charge in [-0.15, -0.1) is 24.0 Å². The van der Waals surface area contributed by atoms with Gasteiger partial charge in [0.2, 0.25) is 5.91 Å². The fourth-order valence-electron chi connectivity index (χ4n) is 1.66. The van der Waals surface area contributed by atoms with Crippen molar-refractivity contribution in [3.63, 3.8) is 0 Å². The smallest absolute Gasteiger partial charge is 0.223 e. The van der Waals surface area contributed by atoms with Crippen LogP contribution < -0.4 is 10.6 Å². The van der Waals surface area contributed by atoms with E-state index in [-0.39, 0.29) is 35.7 Å². The van der Waals surface area contributed by atoms with Crippen LogP contribution in [0.4, 0.5) is 4.39 Å². The molecule has 0 spiro atoms. The molecule has 0 radical (unpaired) electrons. The van der Waals surface area contributed by atoms with Crippen molar-refractivity contribution < 1.29 is 9.18 Å². The third-order valence-electron chi connectivity index (χ3n) is 2.78. The summed E-state index contributed by atoms with van der Waals surface area (Å²) in [6, 6.07) is 6.36. The largest absolute Gasteiger partial charge is 0.357 e. The van der Waals surface area contributed by atoms with Gasteiger partial charge in [0.25, 0.3) is 0 Å². The number of amides is 1. The normalized spacial score (nSPS) is 10.6. The molecule has 7 heteroatoms. The molecule has 0 aromatic heterocycles. The van der Waals surface area contributed by atoms with Crippen molar-refractivity contribution in [2.45, 2.75) is 19.9 Å². The van der Waals surface area contributed by atoms with Crippen molar-refractivity contribution in [2.24, 2.45) is 4.99 Å². The molecule has 1 aromatic rings. The minimum absolute atomic E-state index is 0. The lowest BCUT2D eigenvalue weighted by molar-refractivity contribution is -0.128. The highest BCUT2D eigenvalue weighted by molar-refractivity contribution is 14.0. The van der Waals surface area contributed by atoms with Gasteiger partial charge in [-0.05, 0) is 24.6 Å². The monoisotopic (exact) mass is 422 g/mol. The number of halogens is 2. The van der Waals surface area contributed by atoms with E-state index in [1.807, 2.05) is 13.0 Å². The first-order valence-corrected chi connectivity index (χ1v) is 6.99. The average Bonchev–Trinajstić information content (AvgIpc) is 2.44. The molecule has 0 saturated carbocycles. The van der Waals surface area contributed by atoms with Gasteiger partial charge < -0.3 is 15.5 Å². The minimum atomic E-state index is -0.266. The van der Waals surface area contributed by atoms with Crippen molar-refractivity contribution in [1.29, 1.82) is 0 Å². The van der Waals surface area contributed by atoms with Crippen LogP contribution in [0.5, 0.6) is 0 Å². The summed E-state index contributed by atoms with van der Waals surface area (Å²) >= 11 is 0. The van der Waals surface area contributed by atoms with Crippen LogP contribution in [-0.2, 0) is 11.3 Å². The van der Waals surface area contributed by atoms with Gasteiger partial charge in [0.1, 0.15) is 5.82 Å². The molecule has 1 aromatic carbocycles. The molecule has 0 unspecified atom stereocenters. The standard InChI is InChI=1S/C15H23FN4O.HI/c1-4-17-15(18-9-8-14(21)20(2)3)19-11-12-6-5-7-13(16)10-12;/h5-7,10H,4,8-9,11H2,1-3H3,(H2,17,18,19);1H. The molecule has 0 saturated heterocycles. The van der Waals surface area contributed by atoms with Crippen molar-refractivity contribution in [1.82, 2.24) is 15.5 Å². The Morgan fingerprint density at radius 1 is 1.32 bits per heavy atom. The van der Waals surface area contributed by atoms with Crippen molar-refractivity contribution in [3.8, 4) is 0 Å². The molecule has 1 amide bonds.